The van der Waals surface area contributed by atoms with Crippen molar-refractivity contribution in [1.29, 1.82) is 0 Å². The molecular formula is C15H23N3O2. The number of likely N-dealkylation sites (N-methyl/N-ethyl adjacent to an activating group) is 1. The normalized spacial score (nSPS) is 18.4. The molecule has 1 aromatic carbocycles. The summed E-state index contributed by atoms with van der Waals surface area (Å²) in [5, 5.41) is 2.97. The van der Waals surface area contributed by atoms with Crippen molar-refractivity contribution in [2.75, 3.05) is 39.6 Å². The lowest BCUT2D eigenvalue weighted by Crippen LogP contribution is -2.37. The highest BCUT2D eigenvalue weighted by molar-refractivity contribution is 5.92. The highest BCUT2D eigenvalue weighted by Crippen LogP contribution is 2.28. The Hall–Kier alpha value is -1.75. The maximum absolute atomic E-state index is 12.3. The van der Waals surface area contributed by atoms with Gasteiger partial charge >= 0.3 is 6.03 Å². The number of nitrogens with one attached hydrogen (secondary N) is 1. The highest BCUT2D eigenvalue weighted by Gasteiger charge is 2.28. The van der Waals surface area contributed by atoms with Crippen LogP contribution in [-0.2, 0) is 0 Å². The molecule has 1 N–H and O–H groups in total. The zero-order valence-corrected chi connectivity index (χ0v) is 12.6. The Morgan fingerprint density at radius 3 is 2.80 bits per heavy atom. The number of benzene rings is 1. The number of para-hydroxylation sites is 1. The molecule has 1 fully saturated rings. The van der Waals surface area contributed by atoms with E-state index in [9.17, 15) is 4.79 Å². The Morgan fingerprint density at radius 2 is 2.20 bits per heavy atom. The molecule has 0 aromatic heterocycles. The van der Waals surface area contributed by atoms with Crippen molar-refractivity contribution in [3.05, 3.63) is 23.8 Å². The van der Waals surface area contributed by atoms with E-state index in [1.165, 1.54) is 0 Å². The molecule has 5 nitrogen and oxygen atoms in total. The van der Waals surface area contributed by atoms with E-state index in [1.54, 1.807) is 7.11 Å². The summed E-state index contributed by atoms with van der Waals surface area (Å²) in [6.45, 7) is 3.53. The number of carbonyl (C=O) groups is 1. The predicted octanol–water partition coefficient (Wildman–Crippen LogP) is 2.17. The number of methoxy groups -OCH3 is 1. The molecule has 1 saturated heterocycles. The van der Waals surface area contributed by atoms with Crippen LogP contribution in [0.4, 0.5) is 10.5 Å². The van der Waals surface area contributed by atoms with Crippen molar-refractivity contribution in [2.45, 2.75) is 19.4 Å². The highest BCUT2D eigenvalue weighted by atomic mass is 16.5. The molecule has 5 heteroatoms. The van der Waals surface area contributed by atoms with Crippen molar-refractivity contribution in [3.63, 3.8) is 0 Å². The molecule has 2 rings (SSSR count). The first-order valence-corrected chi connectivity index (χ1v) is 6.89. The monoisotopic (exact) mass is 277 g/mol. The van der Waals surface area contributed by atoms with Crippen LogP contribution in [0, 0.1) is 6.92 Å². The molecule has 0 radical (unpaired) electrons. The summed E-state index contributed by atoms with van der Waals surface area (Å²) < 4.78 is 5.31. The van der Waals surface area contributed by atoms with Crippen LogP contribution in [0.2, 0.25) is 0 Å². The van der Waals surface area contributed by atoms with Gasteiger partial charge < -0.3 is 19.9 Å². The number of nitrogens with zero attached hydrogens (tertiary/aromatic N) is 2. The van der Waals surface area contributed by atoms with Gasteiger partial charge in [0.05, 0.1) is 12.8 Å². The lowest BCUT2D eigenvalue weighted by Gasteiger charge is -2.21. The number of likely N-dealkylation sites (tertiary alicyclic amines) is 1. The Balaban J connectivity index is 2.06. The first-order valence-electron chi connectivity index (χ1n) is 6.89. The predicted molar refractivity (Wildman–Crippen MR) is 80.4 cm³/mol. The standard InChI is InChI=1S/C15H23N3O2/c1-11-6-5-7-13(20-4)14(11)16-15(19)18-9-8-12(10-18)17(2)3/h5-7,12H,8-10H2,1-4H3,(H,16,19). The van der Waals surface area contributed by atoms with Gasteiger partial charge in [0.1, 0.15) is 5.75 Å². The maximum Gasteiger partial charge on any atom is 0.322 e. The van der Waals surface area contributed by atoms with Gasteiger partial charge in [-0.25, -0.2) is 4.79 Å². The van der Waals surface area contributed by atoms with Crippen molar-refractivity contribution in [1.82, 2.24) is 9.80 Å². The summed E-state index contributed by atoms with van der Waals surface area (Å²) in [5.41, 5.74) is 1.76. The molecule has 0 saturated carbocycles. The molecule has 1 aliphatic heterocycles. The second-order valence-corrected chi connectivity index (χ2v) is 5.43. The van der Waals surface area contributed by atoms with E-state index in [1.807, 2.05) is 30.0 Å². The second kappa shape index (κ2) is 6.13. The summed E-state index contributed by atoms with van der Waals surface area (Å²) in [6, 6.07) is 6.13. The minimum absolute atomic E-state index is 0.0537. The largest absolute Gasteiger partial charge is 0.495 e. The summed E-state index contributed by atoms with van der Waals surface area (Å²) in [6.07, 6.45) is 1.02. The minimum atomic E-state index is -0.0537. The number of aryl methyl sites for hydroxylation is 1. The lowest BCUT2D eigenvalue weighted by molar-refractivity contribution is 0.216. The van der Waals surface area contributed by atoms with Crippen molar-refractivity contribution in [2.24, 2.45) is 0 Å². The van der Waals surface area contributed by atoms with Crippen LogP contribution >= 0.6 is 0 Å². The number of anilines is 1. The summed E-state index contributed by atoms with van der Waals surface area (Å²) in [5.74, 6) is 0.696. The molecule has 1 aromatic rings. The van der Waals surface area contributed by atoms with Gasteiger partial charge in [0.2, 0.25) is 0 Å². The van der Waals surface area contributed by atoms with Crippen LogP contribution in [-0.4, -0.2) is 56.2 Å². The number of carbonyl (C=O) groups excluding carboxylic acids is 1. The zero-order valence-electron chi connectivity index (χ0n) is 12.6. The third kappa shape index (κ3) is 3.04. The number of hydrogen-bond donors (Lipinski definition) is 1. The summed E-state index contributed by atoms with van der Waals surface area (Å²) >= 11 is 0. The van der Waals surface area contributed by atoms with Gasteiger partial charge in [-0.2, -0.15) is 0 Å². The first-order chi connectivity index (χ1) is 9.52. The number of rotatable bonds is 3. The molecule has 1 heterocycles. The lowest BCUT2D eigenvalue weighted by atomic mass is 10.2. The zero-order chi connectivity index (χ0) is 14.7. The van der Waals surface area contributed by atoms with E-state index in [-0.39, 0.29) is 6.03 Å². The fourth-order valence-electron chi connectivity index (χ4n) is 2.50. The van der Waals surface area contributed by atoms with Gasteiger partial charge in [-0.3, -0.25) is 0 Å². The molecular weight excluding hydrogens is 254 g/mol. The van der Waals surface area contributed by atoms with E-state index in [0.29, 0.717) is 11.8 Å². The Morgan fingerprint density at radius 1 is 1.45 bits per heavy atom. The number of amides is 2. The average molecular weight is 277 g/mol. The van der Waals surface area contributed by atoms with Crippen LogP contribution in [0.1, 0.15) is 12.0 Å². The molecule has 0 spiro atoms. The van der Waals surface area contributed by atoms with Gasteiger partial charge in [-0.05, 0) is 39.1 Å². The van der Waals surface area contributed by atoms with Crippen LogP contribution in [0.3, 0.4) is 0 Å². The Bertz CT molecular complexity index is 488. The van der Waals surface area contributed by atoms with Gasteiger partial charge in [0.15, 0.2) is 0 Å². The Labute approximate surface area is 120 Å². The topological polar surface area (TPSA) is 44.8 Å². The smallest absolute Gasteiger partial charge is 0.322 e. The fourth-order valence-corrected chi connectivity index (χ4v) is 2.50. The van der Waals surface area contributed by atoms with Gasteiger partial charge in [-0.1, -0.05) is 12.1 Å². The number of ether oxygens (including phenoxy) is 1. The van der Waals surface area contributed by atoms with Crippen molar-refractivity contribution >= 4 is 11.7 Å². The van der Waals surface area contributed by atoms with Gasteiger partial charge in [0.25, 0.3) is 0 Å². The van der Waals surface area contributed by atoms with Crippen LogP contribution < -0.4 is 10.1 Å². The third-order valence-corrected chi connectivity index (χ3v) is 3.87. The van der Waals surface area contributed by atoms with Crippen molar-refractivity contribution in [3.8, 4) is 5.75 Å². The molecule has 1 atom stereocenters. The molecule has 110 valence electrons. The SMILES string of the molecule is COc1cccc(C)c1NC(=O)N1CCC(N(C)C)C1. The van der Waals surface area contributed by atoms with Gasteiger partial charge in [0, 0.05) is 19.1 Å². The van der Waals surface area contributed by atoms with E-state index < -0.39 is 0 Å². The first kappa shape index (κ1) is 14.7. The molecule has 1 aliphatic rings. The third-order valence-electron chi connectivity index (χ3n) is 3.87. The molecule has 0 aliphatic carbocycles. The van der Waals surface area contributed by atoms with E-state index in [2.05, 4.69) is 24.3 Å². The average Bonchev–Trinajstić information content (AvgIpc) is 2.91. The second-order valence-electron chi connectivity index (χ2n) is 5.43. The van der Waals surface area contributed by atoms with Gasteiger partial charge in [-0.15, -0.1) is 0 Å². The summed E-state index contributed by atoms with van der Waals surface area (Å²) in [4.78, 5) is 16.4. The fraction of sp³-hybridized carbons (Fsp3) is 0.533. The molecule has 20 heavy (non-hydrogen) atoms. The summed E-state index contributed by atoms with van der Waals surface area (Å²) in [7, 11) is 5.72. The Kier molecular flexibility index (Phi) is 4.49. The number of hydrogen-bond acceptors (Lipinski definition) is 3. The van der Waals surface area contributed by atoms with Crippen LogP contribution in [0.25, 0.3) is 0 Å². The van der Waals surface area contributed by atoms with E-state index >= 15 is 0 Å². The van der Waals surface area contributed by atoms with Crippen molar-refractivity contribution < 1.29 is 9.53 Å². The quantitative estimate of drug-likeness (QED) is 0.921. The number of urea groups is 1. The molecule has 2 amide bonds. The van der Waals surface area contributed by atoms with Crippen LogP contribution in [0.15, 0.2) is 18.2 Å². The van der Waals surface area contributed by atoms with Crippen LogP contribution in [0.5, 0.6) is 5.75 Å². The maximum atomic E-state index is 12.3. The molecule has 0 bridgehead atoms. The van der Waals surface area contributed by atoms with E-state index in [0.717, 1.165) is 30.8 Å². The minimum Gasteiger partial charge on any atom is -0.495 e. The molecule has 1 unspecified atom stereocenters. The van der Waals surface area contributed by atoms with E-state index in [4.69, 9.17) is 4.74 Å².